The molecule has 0 fully saturated rings. The zero-order valence-electron chi connectivity index (χ0n) is 17.0. The average Bonchev–Trinajstić information content (AvgIpc) is 2.58. The molecule has 0 aromatic heterocycles. The van der Waals surface area contributed by atoms with Crippen LogP contribution in [0.1, 0.15) is 123 Å². The van der Waals surface area contributed by atoms with E-state index in [0.717, 1.165) is 12.8 Å². The first-order valence-electron chi connectivity index (χ1n) is 11.0. The van der Waals surface area contributed by atoms with Crippen molar-refractivity contribution in [2.24, 2.45) is 11.7 Å². The van der Waals surface area contributed by atoms with Crippen molar-refractivity contribution in [1.29, 1.82) is 0 Å². The number of amides is 1. The Balaban J connectivity index is 3.26. The standard InChI is InChI=1S/C22H43NO2/c1-3-5-6-7-8-9-10-11-12-13-14-15-16-17-18-19-21(24)20(4-2)22(23)25/h20H,3-19H2,1-2H3,(H2,23,25). The van der Waals surface area contributed by atoms with Crippen LogP contribution in [-0.4, -0.2) is 11.7 Å². The molecule has 0 heterocycles. The molecule has 3 nitrogen and oxygen atoms in total. The molecule has 0 aliphatic carbocycles. The summed E-state index contributed by atoms with van der Waals surface area (Å²) in [7, 11) is 0. The number of Topliss-reactive ketones (excluding diaryl/α,β-unsaturated/α-hetero) is 1. The molecule has 0 radical (unpaired) electrons. The van der Waals surface area contributed by atoms with Crippen molar-refractivity contribution >= 4 is 11.7 Å². The van der Waals surface area contributed by atoms with E-state index in [1.54, 1.807) is 0 Å². The zero-order chi connectivity index (χ0) is 18.8. The monoisotopic (exact) mass is 353 g/mol. The maximum Gasteiger partial charge on any atom is 0.227 e. The number of carbonyl (C=O) groups excluding carboxylic acids is 2. The van der Waals surface area contributed by atoms with Crippen molar-refractivity contribution in [1.82, 2.24) is 0 Å². The Hall–Kier alpha value is -0.860. The van der Waals surface area contributed by atoms with Gasteiger partial charge < -0.3 is 5.73 Å². The molecule has 25 heavy (non-hydrogen) atoms. The summed E-state index contributed by atoms with van der Waals surface area (Å²) in [5, 5.41) is 0. The number of nitrogens with two attached hydrogens (primary N) is 1. The normalized spacial score (nSPS) is 12.2. The molecule has 0 aromatic rings. The van der Waals surface area contributed by atoms with Crippen LogP contribution in [0.25, 0.3) is 0 Å². The van der Waals surface area contributed by atoms with E-state index < -0.39 is 11.8 Å². The maximum atomic E-state index is 11.8. The summed E-state index contributed by atoms with van der Waals surface area (Å²) in [6.45, 7) is 4.12. The summed E-state index contributed by atoms with van der Waals surface area (Å²) in [5.41, 5.74) is 5.24. The highest BCUT2D eigenvalue weighted by Crippen LogP contribution is 2.15. The van der Waals surface area contributed by atoms with E-state index in [1.165, 1.54) is 83.5 Å². The first-order valence-corrected chi connectivity index (χ1v) is 11.0. The molecule has 0 rings (SSSR count). The average molecular weight is 354 g/mol. The molecule has 0 spiro atoms. The predicted molar refractivity (Wildman–Crippen MR) is 108 cm³/mol. The summed E-state index contributed by atoms with van der Waals surface area (Å²) < 4.78 is 0. The van der Waals surface area contributed by atoms with Crippen molar-refractivity contribution in [2.45, 2.75) is 123 Å². The fourth-order valence-electron chi connectivity index (χ4n) is 3.43. The van der Waals surface area contributed by atoms with Crippen LogP contribution in [-0.2, 0) is 9.59 Å². The molecule has 148 valence electrons. The summed E-state index contributed by atoms with van der Waals surface area (Å²) in [5.74, 6) is -0.996. The van der Waals surface area contributed by atoms with E-state index in [-0.39, 0.29) is 5.78 Å². The number of hydrogen-bond acceptors (Lipinski definition) is 2. The SMILES string of the molecule is CCCCCCCCCCCCCCCCCC(=O)C(CC)C(N)=O. The summed E-state index contributed by atoms with van der Waals surface area (Å²) in [6.07, 6.45) is 20.8. The van der Waals surface area contributed by atoms with E-state index in [0.29, 0.717) is 12.8 Å². The van der Waals surface area contributed by atoms with Crippen LogP contribution in [0, 0.1) is 5.92 Å². The van der Waals surface area contributed by atoms with Crippen LogP contribution in [0.4, 0.5) is 0 Å². The Morgan fingerprint density at radius 2 is 1.00 bits per heavy atom. The smallest absolute Gasteiger partial charge is 0.227 e. The topological polar surface area (TPSA) is 60.2 Å². The van der Waals surface area contributed by atoms with Gasteiger partial charge >= 0.3 is 0 Å². The van der Waals surface area contributed by atoms with Crippen LogP contribution >= 0.6 is 0 Å². The number of unbranched alkanes of at least 4 members (excludes halogenated alkanes) is 14. The van der Waals surface area contributed by atoms with E-state index in [9.17, 15) is 9.59 Å². The lowest BCUT2D eigenvalue weighted by Gasteiger charge is -2.09. The fraction of sp³-hybridized carbons (Fsp3) is 0.909. The Labute approximate surface area is 156 Å². The van der Waals surface area contributed by atoms with Crippen LogP contribution < -0.4 is 5.73 Å². The number of carbonyl (C=O) groups is 2. The lowest BCUT2D eigenvalue weighted by Crippen LogP contribution is -2.29. The molecule has 1 unspecified atom stereocenters. The molecule has 3 heteroatoms. The van der Waals surface area contributed by atoms with Crippen molar-refractivity contribution in [3.8, 4) is 0 Å². The van der Waals surface area contributed by atoms with E-state index in [1.807, 2.05) is 6.92 Å². The van der Waals surface area contributed by atoms with Gasteiger partial charge in [0, 0.05) is 6.42 Å². The quantitative estimate of drug-likeness (QED) is 0.218. The van der Waals surface area contributed by atoms with Crippen molar-refractivity contribution in [3.05, 3.63) is 0 Å². The highest BCUT2D eigenvalue weighted by atomic mass is 16.2. The second kappa shape index (κ2) is 17.9. The molecule has 0 aromatic carbocycles. The molecular weight excluding hydrogens is 310 g/mol. The summed E-state index contributed by atoms with van der Waals surface area (Å²) >= 11 is 0. The maximum absolute atomic E-state index is 11.8. The lowest BCUT2D eigenvalue weighted by molar-refractivity contribution is -0.132. The van der Waals surface area contributed by atoms with Crippen LogP contribution in [0.15, 0.2) is 0 Å². The van der Waals surface area contributed by atoms with Gasteiger partial charge in [-0.05, 0) is 12.8 Å². The minimum Gasteiger partial charge on any atom is -0.369 e. The van der Waals surface area contributed by atoms with Gasteiger partial charge in [0.1, 0.15) is 5.78 Å². The van der Waals surface area contributed by atoms with Gasteiger partial charge in [-0.2, -0.15) is 0 Å². The predicted octanol–water partition coefficient (Wildman–Crippen LogP) is 6.33. The minimum atomic E-state index is -0.563. The highest BCUT2D eigenvalue weighted by Gasteiger charge is 2.20. The third-order valence-electron chi connectivity index (χ3n) is 5.17. The van der Waals surface area contributed by atoms with Gasteiger partial charge in [-0.3, -0.25) is 9.59 Å². The third kappa shape index (κ3) is 15.1. The van der Waals surface area contributed by atoms with Crippen molar-refractivity contribution in [2.75, 3.05) is 0 Å². The molecule has 0 saturated carbocycles. The fourth-order valence-corrected chi connectivity index (χ4v) is 3.43. The second-order valence-corrected chi connectivity index (χ2v) is 7.53. The molecule has 1 amide bonds. The number of hydrogen-bond donors (Lipinski definition) is 1. The van der Waals surface area contributed by atoms with Crippen LogP contribution in [0.3, 0.4) is 0 Å². The van der Waals surface area contributed by atoms with Gasteiger partial charge in [0.2, 0.25) is 5.91 Å². The molecule has 0 aliphatic rings. The van der Waals surface area contributed by atoms with Gasteiger partial charge in [0.25, 0.3) is 0 Å². The van der Waals surface area contributed by atoms with Gasteiger partial charge in [0.05, 0.1) is 5.92 Å². The lowest BCUT2D eigenvalue weighted by atomic mass is 9.95. The van der Waals surface area contributed by atoms with Gasteiger partial charge in [-0.15, -0.1) is 0 Å². The van der Waals surface area contributed by atoms with Crippen LogP contribution in [0.2, 0.25) is 0 Å². The summed E-state index contributed by atoms with van der Waals surface area (Å²) in [6, 6.07) is 0. The number of rotatable bonds is 19. The van der Waals surface area contributed by atoms with E-state index in [4.69, 9.17) is 5.73 Å². The Morgan fingerprint density at radius 1 is 0.640 bits per heavy atom. The van der Waals surface area contributed by atoms with Gasteiger partial charge in [-0.1, -0.05) is 104 Å². The van der Waals surface area contributed by atoms with E-state index >= 15 is 0 Å². The number of ketones is 1. The Bertz CT molecular complexity index is 328. The van der Waals surface area contributed by atoms with Gasteiger partial charge in [-0.25, -0.2) is 0 Å². The van der Waals surface area contributed by atoms with Crippen LogP contribution in [0.5, 0.6) is 0 Å². The molecule has 0 bridgehead atoms. The Morgan fingerprint density at radius 3 is 1.32 bits per heavy atom. The molecule has 0 aliphatic heterocycles. The highest BCUT2D eigenvalue weighted by molar-refractivity contribution is 6.00. The molecule has 0 saturated heterocycles. The zero-order valence-corrected chi connectivity index (χ0v) is 17.0. The number of primary amides is 1. The third-order valence-corrected chi connectivity index (χ3v) is 5.17. The molecular formula is C22H43NO2. The minimum absolute atomic E-state index is 0.0321. The molecule has 2 N–H and O–H groups in total. The largest absolute Gasteiger partial charge is 0.369 e. The summed E-state index contributed by atoms with van der Waals surface area (Å²) in [4.78, 5) is 23.0. The van der Waals surface area contributed by atoms with Crippen molar-refractivity contribution in [3.63, 3.8) is 0 Å². The van der Waals surface area contributed by atoms with Gasteiger partial charge in [0.15, 0.2) is 0 Å². The first-order chi connectivity index (χ1) is 12.1. The van der Waals surface area contributed by atoms with E-state index in [2.05, 4.69) is 6.92 Å². The van der Waals surface area contributed by atoms with Crippen molar-refractivity contribution < 1.29 is 9.59 Å². The Kier molecular flexibility index (Phi) is 17.3. The second-order valence-electron chi connectivity index (χ2n) is 7.53. The first kappa shape index (κ1) is 24.1. The molecule has 1 atom stereocenters.